The van der Waals surface area contributed by atoms with E-state index in [1.54, 1.807) is 13.8 Å². The predicted octanol–water partition coefficient (Wildman–Crippen LogP) is 8.27. The summed E-state index contributed by atoms with van der Waals surface area (Å²) in [6.45, 7) is 11.4. The van der Waals surface area contributed by atoms with Crippen LogP contribution in [0.25, 0.3) is 10.1 Å². The van der Waals surface area contributed by atoms with Crippen LogP contribution in [0.2, 0.25) is 0 Å². The third-order valence-corrected chi connectivity index (χ3v) is 8.32. The Labute approximate surface area is 233 Å². The lowest BCUT2D eigenvalue weighted by Crippen LogP contribution is -2.47. The molecule has 0 bridgehead atoms. The molecular formula is C33H34FNO3S. The van der Waals surface area contributed by atoms with E-state index in [9.17, 15) is 9.18 Å². The van der Waals surface area contributed by atoms with Crippen LogP contribution in [0.5, 0.6) is 17.2 Å². The Morgan fingerprint density at radius 1 is 1.03 bits per heavy atom. The maximum absolute atomic E-state index is 13.9. The Bertz CT molecular complexity index is 1490. The molecule has 1 aromatic heterocycles. The number of halogens is 1. The van der Waals surface area contributed by atoms with Gasteiger partial charge in [-0.15, -0.1) is 11.3 Å². The molecule has 3 aromatic carbocycles. The van der Waals surface area contributed by atoms with Crippen LogP contribution in [0.4, 0.5) is 4.39 Å². The molecule has 2 heterocycles. The molecule has 0 radical (unpaired) electrons. The standard InChI is InChI=1S/C33H34FNO3S/c1-5-6-7-24-19-35(20-24)14-15-37-26-9-11-27(12-10-26)38-32-28-13-8-21(2)16-29(28)39-33(32)31(36)30-22(3)17-25(34)18-23(30)4/h5-6,8-13,16-18,24H,7,14-15,19-20H2,1-4H3/b6-5+. The third kappa shape index (κ3) is 6.07. The number of carbonyl (C=O) groups is 1. The Balaban J connectivity index is 1.31. The van der Waals surface area contributed by atoms with Gasteiger partial charge in [-0.1, -0.05) is 18.2 Å². The summed E-state index contributed by atoms with van der Waals surface area (Å²) < 4.78 is 27.2. The minimum absolute atomic E-state index is 0.155. The fraction of sp³-hybridized carbons (Fsp3) is 0.303. The number of fused-ring (bicyclic) bond motifs is 1. The molecule has 5 rings (SSSR count). The van der Waals surface area contributed by atoms with Gasteiger partial charge in [0.25, 0.3) is 0 Å². The molecule has 1 fully saturated rings. The molecule has 1 saturated heterocycles. The number of likely N-dealkylation sites (tertiary alicyclic amines) is 1. The van der Waals surface area contributed by atoms with Crippen LogP contribution in [-0.2, 0) is 0 Å². The number of carbonyl (C=O) groups excluding carboxylic acids is 1. The highest BCUT2D eigenvalue weighted by atomic mass is 32.1. The number of aryl methyl sites for hydroxylation is 3. The molecule has 0 amide bonds. The van der Waals surface area contributed by atoms with E-state index >= 15 is 0 Å². The fourth-order valence-corrected chi connectivity index (χ4v) is 6.34. The second-order valence-electron chi connectivity index (χ2n) is 10.4. The zero-order valence-corrected chi connectivity index (χ0v) is 23.7. The van der Waals surface area contributed by atoms with Crippen molar-refractivity contribution in [3.8, 4) is 17.2 Å². The van der Waals surface area contributed by atoms with E-state index in [1.807, 2.05) is 43.3 Å². The van der Waals surface area contributed by atoms with Gasteiger partial charge >= 0.3 is 0 Å². The van der Waals surface area contributed by atoms with E-state index in [0.717, 1.165) is 53.4 Å². The Hall–Kier alpha value is -3.48. The highest BCUT2D eigenvalue weighted by Crippen LogP contribution is 2.42. The van der Waals surface area contributed by atoms with Crippen molar-refractivity contribution in [3.05, 3.63) is 99.7 Å². The highest BCUT2D eigenvalue weighted by molar-refractivity contribution is 7.21. The van der Waals surface area contributed by atoms with Crippen molar-refractivity contribution in [1.29, 1.82) is 0 Å². The van der Waals surface area contributed by atoms with Crippen molar-refractivity contribution in [2.45, 2.75) is 34.1 Å². The minimum Gasteiger partial charge on any atom is -0.492 e. The lowest BCUT2D eigenvalue weighted by atomic mass is 9.96. The molecule has 4 nitrogen and oxygen atoms in total. The van der Waals surface area contributed by atoms with Crippen molar-refractivity contribution in [3.63, 3.8) is 0 Å². The predicted molar refractivity (Wildman–Crippen MR) is 157 cm³/mol. The van der Waals surface area contributed by atoms with Gasteiger partial charge in [-0.2, -0.15) is 0 Å². The van der Waals surface area contributed by atoms with Crippen LogP contribution in [0.3, 0.4) is 0 Å². The molecule has 1 aliphatic heterocycles. The molecule has 1 aliphatic rings. The summed E-state index contributed by atoms with van der Waals surface area (Å²) in [6, 6.07) is 16.4. The van der Waals surface area contributed by atoms with E-state index in [-0.39, 0.29) is 11.6 Å². The minimum atomic E-state index is -0.342. The number of benzene rings is 3. The number of allylic oxidation sites excluding steroid dienone is 2. The van der Waals surface area contributed by atoms with Gasteiger partial charge in [-0.3, -0.25) is 9.69 Å². The van der Waals surface area contributed by atoms with Gasteiger partial charge in [-0.25, -0.2) is 4.39 Å². The van der Waals surface area contributed by atoms with Crippen molar-refractivity contribution in [2.75, 3.05) is 26.2 Å². The SMILES string of the molecule is C/C=C/CC1CN(CCOc2ccc(Oc3c(C(=O)c4c(C)cc(F)cc4C)sc4cc(C)ccc34)cc2)C1. The van der Waals surface area contributed by atoms with Crippen molar-refractivity contribution < 1.29 is 18.7 Å². The molecule has 4 aromatic rings. The Morgan fingerprint density at radius 2 is 1.72 bits per heavy atom. The van der Waals surface area contributed by atoms with Gasteiger partial charge in [0.2, 0.25) is 5.78 Å². The number of rotatable bonds is 10. The maximum atomic E-state index is 13.9. The van der Waals surface area contributed by atoms with E-state index < -0.39 is 0 Å². The molecule has 0 aliphatic carbocycles. The van der Waals surface area contributed by atoms with Crippen LogP contribution in [-0.4, -0.2) is 36.9 Å². The monoisotopic (exact) mass is 543 g/mol. The first kappa shape index (κ1) is 27.1. The number of thiophene rings is 1. The first-order chi connectivity index (χ1) is 18.8. The average molecular weight is 544 g/mol. The summed E-state index contributed by atoms with van der Waals surface area (Å²) in [5, 5.41) is 0.883. The third-order valence-electron chi connectivity index (χ3n) is 7.19. The molecular weight excluding hydrogens is 509 g/mol. The molecule has 6 heteroatoms. The van der Waals surface area contributed by atoms with Crippen molar-refractivity contribution in [2.24, 2.45) is 5.92 Å². The first-order valence-corrected chi connectivity index (χ1v) is 14.2. The molecule has 202 valence electrons. The topological polar surface area (TPSA) is 38.8 Å². The number of ether oxygens (including phenoxy) is 2. The van der Waals surface area contributed by atoms with Crippen LogP contribution >= 0.6 is 11.3 Å². The van der Waals surface area contributed by atoms with E-state index in [4.69, 9.17) is 9.47 Å². The van der Waals surface area contributed by atoms with Gasteiger partial charge in [0, 0.05) is 35.3 Å². The molecule has 0 N–H and O–H groups in total. The summed E-state index contributed by atoms with van der Waals surface area (Å²) in [4.78, 5) is 16.7. The summed E-state index contributed by atoms with van der Waals surface area (Å²) in [5.74, 6) is 2.21. The highest BCUT2D eigenvalue weighted by Gasteiger charge is 2.26. The van der Waals surface area contributed by atoms with E-state index in [2.05, 4.69) is 30.0 Å². The largest absolute Gasteiger partial charge is 0.492 e. The molecule has 0 saturated carbocycles. The van der Waals surface area contributed by atoms with E-state index in [0.29, 0.717) is 39.7 Å². The number of nitrogens with zero attached hydrogens (tertiary/aromatic N) is 1. The summed E-state index contributed by atoms with van der Waals surface area (Å²) >= 11 is 1.41. The molecule has 39 heavy (non-hydrogen) atoms. The second kappa shape index (κ2) is 11.7. The smallest absolute Gasteiger partial charge is 0.207 e. The Kier molecular flexibility index (Phi) is 8.15. The maximum Gasteiger partial charge on any atom is 0.207 e. The average Bonchev–Trinajstić information content (AvgIpc) is 3.22. The molecule has 0 spiro atoms. The van der Waals surface area contributed by atoms with Crippen LogP contribution < -0.4 is 9.47 Å². The van der Waals surface area contributed by atoms with Crippen LogP contribution in [0.1, 0.15) is 45.3 Å². The number of hydrogen-bond acceptors (Lipinski definition) is 5. The summed E-state index contributed by atoms with van der Waals surface area (Å²) in [7, 11) is 0. The normalized spacial score (nSPS) is 14.2. The fourth-order valence-electron chi connectivity index (χ4n) is 5.16. The zero-order chi connectivity index (χ0) is 27.5. The summed E-state index contributed by atoms with van der Waals surface area (Å²) in [5.41, 5.74) is 2.86. The lowest BCUT2D eigenvalue weighted by molar-refractivity contribution is 0.0844. The lowest BCUT2D eigenvalue weighted by Gasteiger charge is -2.38. The van der Waals surface area contributed by atoms with Crippen LogP contribution in [0.15, 0.2) is 66.7 Å². The van der Waals surface area contributed by atoms with Crippen LogP contribution in [0, 0.1) is 32.5 Å². The van der Waals surface area contributed by atoms with Crippen molar-refractivity contribution >= 4 is 27.2 Å². The second-order valence-corrected chi connectivity index (χ2v) is 11.4. The van der Waals surface area contributed by atoms with Gasteiger partial charge in [0.1, 0.15) is 28.8 Å². The van der Waals surface area contributed by atoms with Gasteiger partial charge in [0.05, 0.1) is 0 Å². The molecule has 0 unspecified atom stereocenters. The van der Waals surface area contributed by atoms with Gasteiger partial charge < -0.3 is 9.47 Å². The first-order valence-electron chi connectivity index (χ1n) is 13.4. The van der Waals surface area contributed by atoms with Gasteiger partial charge in [-0.05, 0) is 105 Å². The summed E-state index contributed by atoms with van der Waals surface area (Å²) in [6.07, 6.45) is 5.52. The number of ketones is 1. The Morgan fingerprint density at radius 3 is 2.41 bits per heavy atom. The zero-order valence-electron chi connectivity index (χ0n) is 22.9. The quantitative estimate of drug-likeness (QED) is 0.149. The molecule has 0 atom stereocenters. The number of hydrogen-bond donors (Lipinski definition) is 0. The van der Waals surface area contributed by atoms with Crippen molar-refractivity contribution in [1.82, 2.24) is 4.90 Å². The van der Waals surface area contributed by atoms with Gasteiger partial charge in [0.15, 0.2) is 5.75 Å². The van der Waals surface area contributed by atoms with E-state index in [1.165, 1.54) is 23.5 Å².